The summed E-state index contributed by atoms with van der Waals surface area (Å²) in [5, 5.41) is 0. The summed E-state index contributed by atoms with van der Waals surface area (Å²) in [6, 6.07) is 0.134. The Morgan fingerprint density at radius 1 is 1.15 bits per heavy atom. The number of hydrogen-bond donors (Lipinski definition) is 0. The van der Waals surface area contributed by atoms with Crippen molar-refractivity contribution in [2.75, 3.05) is 31.6 Å². The predicted octanol–water partition coefficient (Wildman–Crippen LogP) is 4.66. The van der Waals surface area contributed by atoms with Crippen molar-refractivity contribution < 1.29 is 4.79 Å². The third kappa shape index (κ3) is 9.09. The van der Waals surface area contributed by atoms with Crippen molar-refractivity contribution in [3.05, 3.63) is 29.6 Å². The molecule has 148 valence electrons. The summed E-state index contributed by atoms with van der Waals surface area (Å²) in [6.07, 6.45) is 8.40. The van der Waals surface area contributed by atoms with Crippen molar-refractivity contribution in [3.8, 4) is 0 Å². The van der Waals surface area contributed by atoms with Crippen LogP contribution in [0.15, 0.2) is 24.0 Å². The van der Waals surface area contributed by atoms with Gasteiger partial charge in [0.15, 0.2) is 0 Å². The summed E-state index contributed by atoms with van der Waals surface area (Å²) in [7, 11) is 1.93. The van der Waals surface area contributed by atoms with E-state index in [0.717, 1.165) is 24.6 Å². The van der Waals surface area contributed by atoms with Crippen LogP contribution in [-0.2, 0) is 4.79 Å². The second-order valence-corrected chi connectivity index (χ2v) is 6.67. The third-order valence-electron chi connectivity index (χ3n) is 4.46. The SMILES string of the molecule is C/C=C(\C)CCC.CCN(CC)c1ncc(C(C)N(C)CC(C)=O)cn1. The summed E-state index contributed by atoms with van der Waals surface area (Å²) >= 11 is 0. The van der Waals surface area contributed by atoms with Gasteiger partial charge < -0.3 is 4.90 Å². The van der Waals surface area contributed by atoms with E-state index in [4.69, 9.17) is 0 Å². The maximum Gasteiger partial charge on any atom is 0.225 e. The molecule has 0 fully saturated rings. The smallest absolute Gasteiger partial charge is 0.225 e. The lowest BCUT2D eigenvalue weighted by atomic mass is 10.1. The van der Waals surface area contributed by atoms with Crippen molar-refractivity contribution in [1.29, 1.82) is 0 Å². The van der Waals surface area contributed by atoms with Crippen molar-refractivity contribution in [3.63, 3.8) is 0 Å². The van der Waals surface area contributed by atoms with Crippen molar-refractivity contribution >= 4 is 11.7 Å². The fraction of sp³-hybridized carbons (Fsp3) is 0.667. The van der Waals surface area contributed by atoms with Crippen LogP contribution in [0.1, 0.15) is 72.9 Å². The minimum Gasteiger partial charge on any atom is -0.341 e. The van der Waals surface area contributed by atoms with Gasteiger partial charge >= 0.3 is 0 Å². The monoisotopic (exact) mass is 362 g/mol. The average molecular weight is 363 g/mol. The second kappa shape index (κ2) is 13.5. The van der Waals surface area contributed by atoms with Crippen LogP contribution in [0, 0.1) is 0 Å². The van der Waals surface area contributed by atoms with Crippen molar-refractivity contribution in [2.45, 2.75) is 67.3 Å². The van der Waals surface area contributed by atoms with E-state index in [9.17, 15) is 4.79 Å². The van der Waals surface area contributed by atoms with E-state index in [0.29, 0.717) is 6.54 Å². The predicted molar refractivity (Wildman–Crippen MR) is 112 cm³/mol. The molecule has 5 heteroatoms. The lowest BCUT2D eigenvalue weighted by Gasteiger charge is -2.24. The fourth-order valence-electron chi connectivity index (χ4n) is 2.50. The van der Waals surface area contributed by atoms with E-state index >= 15 is 0 Å². The first kappa shape index (κ1) is 24.2. The Hall–Kier alpha value is -1.75. The molecule has 0 N–H and O–H groups in total. The van der Waals surface area contributed by atoms with Crippen LogP contribution >= 0.6 is 0 Å². The average Bonchev–Trinajstić information content (AvgIpc) is 2.63. The minimum absolute atomic E-state index is 0.134. The zero-order valence-corrected chi connectivity index (χ0v) is 18.0. The normalized spacial score (nSPS) is 12.4. The zero-order valence-electron chi connectivity index (χ0n) is 18.0. The highest BCUT2D eigenvalue weighted by Gasteiger charge is 2.14. The van der Waals surface area contributed by atoms with E-state index in [1.54, 1.807) is 6.92 Å². The highest BCUT2D eigenvalue weighted by atomic mass is 16.1. The number of rotatable bonds is 9. The highest BCUT2D eigenvalue weighted by Crippen LogP contribution is 2.18. The number of nitrogens with zero attached hydrogens (tertiary/aromatic N) is 4. The molecule has 0 aromatic carbocycles. The Morgan fingerprint density at radius 3 is 2.04 bits per heavy atom. The minimum atomic E-state index is 0.134. The molecule has 0 radical (unpaired) electrons. The first-order valence-corrected chi connectivity index (χ1v) is 9.68. The Labute approximate surface area is 160 Å². The number of aromatic nitrogens is 2. The van der Waals surface area contributed by atoms with Gasteiger partial charge in [-0.3, -0.25) is 9.69 Å². The maximum atomic E-state index is 11.1. The lowest BCUT2D eigenvalue weighted by Crippen LogP contribution is -2.28. The molecule has 0 aliphatic carbocycles. The number of allylic oxidation sites excluding steroid dienone is 2. The first-order chi connectivity index (χ1) is 12.3. The number of ketones is 1. The Bertz CT molecular complexity index is 535. The number of Topliss-reactive ketones (excluding diaryl/α,β-unsaturated/α-hetero) is 1. The van der Waals surface area contributed by atoms with Crippen LogP contribution in [0.25, 0.3) is 0 Å². The summed E-state index contributed by atoms with van der Waals surface area (Å²) in [5.41, 5.74) is 2.53. The molecular formula is C21H38N4O. The van der Waals surface area contributed by atoms with E-state index in [1.807, 2.05) is 24.3 Å². The molecule has 0 aliphatic heterocycles. The largest absolute Gasteiger partial charge is 0.341 e. The van der Waals surface area contributed by atoms with Gasteiger partial charge in [-0.2, -0.15) is 0 Å². The van der Waals surface area contributed by atoms with Gasteiger partial charge in [0.25, 0.3) is 0 Å². The molecule has 1 unspecified atom stereocenters. The van der Waals surface area contributed by atoms with Crippen LogP contribution in [0.2, 0.25) is 0 Å². The van der Waals surface area contributed by atoms with Crippen molar-refractivity contribution in [2.24, 2.45) is 0 Å². The molecule has 1 aromatic rings. The summed E-state index contributed by atoms with van der Waals surface area (Å²) in [4.78, 5) is 24.0. The van der Waals surface area contributed by atoms with Crippen LogP contribution in [0.5, 0.6) is 0 Å². The van der Waals surface area contributed by atoms with Gasteiger partial charge in [-0.05, 0) is 55.0 Å². The summed E-state index contributed by atoms with van der Waals surface area (Å²) < 4.78 is 0. The van der Waals surface area contributed by atoms with Crippen LogP contribution in [0.3, 0.4) is 0 Å². The van der Waals surface area contributed by atoms with E-state index in [-0.39, 0.29) is 11.8 Å². The number of hydrogen-bond acceptors (Lipinski definition) is 5. The first-order valence-electron chi connectivity index (χ1n) is 9.68. The standard InChI is InChI=1S/C14H24N4O.C7H14/c1-6-18(7-2)14-15-8-13(9-16-14)12(4)17(5)10-11(3)19;1-4-6-7(3)5-2/h8-9,12H,6-7,10H2,1-5H3;5H,4,6H2,1-3H3/b;7-5+. The molecule has 1 rings (SSSR count). The van der Waals surface area contributed by atoms with Gasteiger partial charge in [0.05, 0.1) is 6.54 Å². The number of carbonyl (C=O) groups excluding carboxylic acids is 1. The lowest BCUT2D eigenvalue weighted by molar-refractivity contribution is -0.118. The van der Waals surface area contributed by atoms with Crippen LogP contribution in [0.4, 0.5) is 5.95 Å². The Kier molecular flexibility index (Phi) is 12.5. The molecule has 1 aromatic heterocycles. The van der Waals surface area contributed by atoms with Gasteiger partial charge in [-0.1, -0.05) is 25.0 Å². The second-order valence-electron chi connectivity index (χ2n) is 6.67. The quantitative estimate of drug-likeness (QED) is 0.598. The summed E-state index contributed by atoms with van der Waals surface area (Å²) in [6.45, 7) is 16.5. The van der Waals surface area contributed by atoms with E-state index in [1.165, 1.54) is 18.4 Å². The number of anilines is 1. The van der Waals surface area contributed by atoms with Crippen LogP contribution < -0.4 is 4.90 Å². The number of likely N-dealkylation sites (N-methyl/N-ethyl adjacent to an activating group) is 1. The zero-order chi connectivity index (χ0) is 20.1. The molecule has 0 bridgehead atoms. The van der Waals surface area contributed by atoms with Crippen molar-refractivity contribution in [1.82, 2.24) is 14.9 Å². The van der Waals surface area contributed by atoms with E-state index in [2.05, 4.69) is 62.5 Å². The van der Waals surface area contributed by atoms with Gasteiger partial charge in [0.2, 0.25) is 5.95 Å². The molecule has 0 saturated carbocycles. The fourth-order valence-corrected chi connectivity index (χ4v) is 2.50. The molecular weight excluding hydrogens is 324 g/mol. The molecule has 26 heavy (non-hydrogen) atoms. The Morgan fingerprint density at radius 2 is 1.69 bits per heavy atom. The molecule has 1 atom stereocenters. The van der Waals surface area contributed by atoms with Gasteiger partial charge in [-0.25, -0.2) is 9.97 Å². The van der Waals surface area contributed by atoms with Crippen LogP contribution in [-0.4, -0.2) is 47.3 Å². The topological polar surface area (TPSA) is 49.3 Å². The molecule has 0 amide bonds. The van der Waals surface area contributed by atoms with Gasteiger partial charge in [0.1, 0.15) is 5.78 Å². The third-order valence-corrected chi connectivity index (χ3v) is 4.46. The molecule has 0 spiro atoms. The highest BCUT2D eigenvalue weighted by molar-refractivity contribution is 5.77. The Balaban J connectivity index is 0.000000758. The van der Waals surface area contributed by atoms with Gasteiger partial charge in [0, 0.05) is 37.1 Å². The maximum absolute atomic E-state index is 11.1. The molecule has 1 heterocycles. The molecule has 5 nitrogen and oxygen atoms in total. The molecule has 0 saturated heterocycles. The summed E-state index contributed by atoms with van der Waals surface area (Å²) in [5.74, 6) is 0.921. The number of carbonyl (C=O) groups is 1. The van der Waals surface area contributed by atoms with Gasteiger partial charge in [-0.15, -0.1) is 0 Å². The molecule has 0 aliphatic rings. The van der Waals surface area contributed by atoms with E-state index < -0.39 is 0 Å².